The van der Waals surface area contributed by atoms with Crippen LogP contribution in [0.3, 0.4) is 0 Å². The molecule has 0 radical (unpaired) electrons. The molecule has 26 heavy (non-hydrogen) atoms. The minimum atomic E-state index is -1.29. The van der Waals surface area contributed by atoms with Gasteiger partial charge in [-0.05, 0) is 55.3 Å². The number of carbonyl (C=O) groups excluding carboxylic acids is 1. The van der Waals surface area contributed by atoms with Gasteiger partial charge in [0, 0.05) is 0 Å². The number of carboxylic acids is 1. The Hall–Kier alpha value is -3.09. The largest absolute Gasteiger partial charge is 0.494 e. The van der Waals surface area contributed by atoms with Crippen molar-refractivity contribution in [2.75, 3.05) is 13.2 Å². The Morgan fingerprint density at radius 1 is 1.12 bits per heavy atom. The lowest BCUT2D eigenvalue weighted by molar-refractivity contribution is -0.142. The number of aryl methyl sites for hydroxylation is 1. The highest BCUT2D eigenvalue weighted by Gasteiger charge is 2.23. The average molecular weight is 361 g/mol. The predicted molar refractivity (Wildman–Crippen MR) is 92.8 cm³/mol. The number of aliphatic carboxylic acids is 1. The SMILES string of the molecule is CCOc1ccc(OCC(=O)NC(C(=O)O)c2ccc(F)c(C)c2)cc1. The van der Waals surface area contributed by atoms with E-state index >= 15 is 0 Å². The van der Waals surface area contributed by atoms with Gasteiger partial charge in [-0.3, -0.25) is 4.79 Å². The van der Waals surface area contributed by atoms with Crippen LogP contribution in [0.4, 0.5) is 4.39 Å². The van der Waals surface area contributed by atoms with Gasteiger partial charge in [-0.15, -0.1) is 0 Å². The van der Waals surface area contributed by atoms with E-state index in [1.54, 1.807) is 24.3 Å². The lowest BCUT2D eigenvalue weighted by Crippen LogP contribution is -2.36. The monoisotopic (exact) mass is 361 g/mol. The van der Waals surface area contributed by atoms with Gasteiger partial charge >= 0.3 is 5.97 Å². The number of ether oxygens (including phenoxy) is 2. The first-order valence-electron chi connectivity index (χ1n) is 8.04. The second kappa shape index (κ2) is 8.84. The van der Waals surface area contributed by atoms with Crippen LogP contribution < -0.4 is 14.8 Å². The number of hydrogen-bond acceptors (Lipinski definition) is 4. The van der Waals surface area contributed by atoms with Gasteiger partial charge in [0.1, 0.15) is 17.3 Å². The fourth-order valence-corrected chi connectivity index (χ4v) is 2.29. The van der Waals surface area contributed by atoms with E-state index < -0.39 is 23.7 Å². The minimum absolute atomic E-state index is 0.283. The highest BCUT2D eigenvalue weighted by molar-refractivity contribution is 5.85. The van der Waals surface area contributed by atoms with Gasteiger partial charge in [0.15, 0.2) is 12.6 Å². The summed E-state index contributed by atoms with van der Waals surface area (Å²) >= 11 is 0. The van der Waals surface area contributed by atoms with Crippen LogP contribution in [0.25, 0.3) is 0 Å². The summed E-state index contributed by atoms with van der Waals surface area (Å²) in [4.78, 5) is 23.5. The maximum absolute atomic E-state index is 13.3. The Morgan fingerprint density at radius 2 is 1.73 bits per heavy atom. The zero-order valence-corrected chi connectivity index (χ0v) is 14.5. The number of benzene rings is 2. The first-order valence-corrected chi connectivity index (χ1v) is 8.04. The molecule has 0 bridgehead atoms. The summed E-state index contributed by atoms with van der Waals surface area (Å²) < 4.78 is 24.0. The Morgan fingerprint density at radius 3 is 2.27 bits per heavy atom. The number of hydrogen-bond donors (Lipinski definition) is 2. The van der Waals surface area contributed by atoms with E-state index in [0.29, 0.717) is 23.7 Å². The van der Waals surface area contributed by atoms with Crippen LogP contribution in [0.1, 0.15) is 24.1 Å². The molecule has 1 amide bonds. The van der Waals surface area contributed by atoms with E-state index in [-0.39, 0.29) is 12.2 Å². The molecule has 2 rings (SSSR count). The smallest absolute Gasteiger partial charge is 0.330 e. The van der Waals surface area contributed by atoms with Gasteiger partial charge in [-0.1, -0.05) is 12.1 Å². The van der Waals surface area contributed by atoms with Crippen molar-refractivity contribution in [2.45, 2.75) is 19.9 Å². The number of halogens is 1. The Kier molecular flexibility index (Phi) is 6.54. The Bertz CT molecular complexity index is 776. The van der Waals surface area contributed by atoms with E-state index in [1.807, 2.05) is 6.92 Å². The second-order valence-electron chi connectivity index (χ2n) is 5.54. The predicted octanol–water partition coefficient (Wildman–Crippen LogP) is 2.85. The fourth-order valence-electron chi connectivity index (χ4n) is 2.29. The third-order valence-electron chi connectivity index (χ3n) is 3.57. The minimum Gasteiger partial charge on any atom is -0.494 e. The van der Waals surface area contributed by atoms with Crippen LogP contribution in [0.15, 0.2) is 42.5 Å². The summed E-state index contributed by atoms with van der Waals surface area (Å²) in [5.74, 6) is -1.16. The molecule has 0 aliphatic rings. The number of rotatable bonds is 8. The maximum Gasteiger partial charge on any atom is 0.330 e. The number of carboxylic acid groups (broad SMARTS) is 1. The summed E-state index contributed by atoms with van der Waals surface area (Å²) in [6, 6.07) is 9.31. The summed E-state index contributed by atoms with van der Waals surface area (Å²) in [6.07, 6.45) is 0. The van der Waals surface area contributed by atoms with E-state index in [1.165, 1.54) is 25.1 Å². The number of carbonyl (C=O) groups is 2. The topological polar surface area (TPSA) is 84.9 Å². The lowest BCUT2D eigenvalue weighted by atomic mass is 10.0. The first kappa shape index (κ1) is 19.2. The summed E-state index contributed by atoms with van der Waals surface area (Å²) in [5.41, 5.74) is 0.583. The van der Waals surface area contributed by atoms with Crippen molar-refractivity contribution < 1.29 is 28.6 Å². The second-order valence-corrected chi connectivity index (χ2v) is 5.54. The molecular weight excluding hydrogens is 341 g/mol. The van der Waals surface area contributed by atoms with E-state index in [0.717, 1.165) is 0 Å². The van der Waals surface area contributed by atoms with Gasteiger partial charge < -0.3 is 19.9 Å². The molecular formula is C19H20FNO5. The van der Waals surface area contributed by atoms with Crippen LogP contribution in [0.5, 0.6) is 11.5 Å². The molecule has 0 saturated carbocycles. The van der Waals surface area contributed by atoms with E-state index in [4.69, 9.17) is 9.47 Å². The van der Waals surface area contributed by atoms with E-state index in [2.05, 4.69) is 5.32 Å². The van der Waals surface area contributed by atoms with E-state index in [9.17, 15) is 19.1 Å². The third-order valence-corrected chi connectivity index (χ3v) is 3.57. The normalized spacial score (nSPS) is 11.5. The van der Waals surface area contributed by atoms with Gasteiger partial charge in [0.2, 0.25) is 0 Å². The fraction of sp³-hybridized carbons (Fsp3) is 0.263. The molecule has 0 fully saturated rings. The highest BCUT2D eigenvalue weighted by Crippen LogP contribution is 2.19. The third kappa shape index (κ3) is 5.20. The molecule has 138 valence electrons. The quantitative estimate of drug-likeness (QED) is 0.755. The number of nitrogens with one attached hydrogen (secondary N) is 1. The average Bonchev–Trinajstić information content (AvgIpc) is 2.61. The molecule has 0 heterocycles. The standard InChI is InChI=1S/C19H20FNO5/c1-3-25-14-5-7-15(8-6-14)26-11-17(22)21-18(19(23)24)13-4-9-16(20)12(2)10-13/h4-10,18H,3,11H2,1-2H3,(H,21,22)(H,23,24). The van der Waals surface area contributed by atoms with Gasteiger partial charge in [0.25, 0.3) is 5.91 Å². The molecule has 7 heteroatoms. The lowest BCUT2D eigenvalue weighted by Gasteiger charge is -2.16. The maximum atomic E-state index is 13.3. The summed E-state index contributed by atoms with van der Waals surface area (Å²) in [7, 11) is 0. The molecule has 6 nitrogen and oxygen atoms in total. The zero-order chi connectivity index (χ0) is 19.1. The summed E-state index contributed by atoms with van der Waals surface area (Å²) in [6.45, 7) is 3.59. The van der Waals surface area contributed by atoms with Crippen LogP contribution in [0, 0.1) is 12.7 Å². The molecule has 0 aliphatic heterocycles. The van der Waals surface area contributed by atoms with Crippen molar-refractivity contribution in [1.82, 2.24) is 5.32 Å². The molecule has 1 atom stereocenters. The van der Waals surface area contributed by atoms with Crippen LogP contribution in [-0.2, 0) is 9.59 Å². The van der Waals surface area contributed by atoms with Crippen molar-refractivity contribution in [1.29, 1.82) is 0 Å². The highest BCUT2D eigenvalue weighted by atomic mass is 19.1. The van der Waals surface area contributed by atoms with Crippen molar-refractivity contribution in [3.8, 4) is 11.5 Å². The Labute approximate surface area is 150 Å². The van der Waals surface area contributed by atoms with Gasteiger partial charge in [0.05, 0.1) is 6.61 Å². The molecule has 1 unspecified atom stereocenters. The molecule has 2 aromatic carbocycles. The Balaban J connectivity index is 1.97. The molecule has 0 aromatic heterocycles. The van der Waals surface area contributed by atoms with Crippen molar-refractivity contribution in [2.24, 2.45) is 0 Å². The van der Waals surface area contributed by atoms with Crippen LogP contribution >= 0.6 is 0 Å². The summed E-state index contributed by atoms with van der Waals surface area (Å²) in [5, 5.41) is 11.7. The molecule has 0 spiro atoms. The molecule has 0 aliphatic carbocycles. The van der Waals surface area contributed by atoms with Crippen molar-refractivity contribution >= 4 is 11.9 Å². The molecule has 2 aromatic rings. The van der Waals surface area contributed by atoms with Crippen LogP contribution in [-0.4, -0.2) is 30.2 Å². The zero-order valence-electron chi connectivity index (χ0n) is 14.5. The van der Waals surface area contributed by atoms with Gasteiger partial charge in [-0.25, -0.2) is 9.18 Å². The first-order chi connectivity index (χ1) is 12.4. The van der Waals surface area contributed by atoms with Crippen molar-refractivity contribution in [3.05, 3.63) is 59.4 Å². The number of amides is 1. The van der Waals surface area contributed by atoms with Crippen LogP contribution in [0.2, 0.25) is 0 Å². The molecule has 2 N–H and O–H groups in total. The molecule has 0 saturated heterocycles. The van der Waals surface area contributed by atoms with Crippen molar-refractivity contribution in [3.63, 3.8) is 0 Å². The van der Waals surface area contributed by atoms with Gasteiger partial charge in [-0.2, -0.15) is 0 Å².